The van der Waals surface area contributed by atoms with E-state index in [9.17, 15) is 0 Å². The van der Waals surface area contributed by atoms with Crippen LogP contribution in [0.5, 0.6) is 0 Å². The van der Waals surface area contributed by atoms with Gasteiger partial charge >= 0.3 is 0 Å². The molecule has 0 aliphatic rings. The van der Waals surface area contributed by atoms with E-state index in [-0.39, 0.29) is 6.61 Å². The minimum absolute atomic E-state index is 0.268. The molecule has 0 unspecified atom stereocenters. The first kappa shape index (κ1) is 15.5. The standard InChI is InChI=1S/C11H19BrN4OS/c1-2-13-11-15-8-9(12)10(16-11)14-4-7-18-6-3-5-17/h8,17H,2-7H2,1H3,(H2,13,14,15,16). The van der Waals surface area contributed by atoms with Crippen LogP contribution in [0.15, 0.2) is 10.7 Å². The highest BCUT2D eigenvalue weighted by Crippen LogP contribution is 2.20. The lowest BCUT2D eigenvalue weighted by Crippen LogP contribution is -2.09. The molecule has 5 nitrogen and oxygen atoms in total. The molecule has 0 saturated carbocycles. The van der Waals surface area contributed by atoms with Crippen LogP contribution < -0.4 is 10.6 Å². The summed E-state index contributed by atoms with van der Waals surface area (Å²) in [7, 11) is 0. The molecule has 1 aromatic rings. The van der Waals surface area contributed by atoms with Crippen molar-refractivity contribution in [3.8, 4) is 0 Å². The van der Waals surface area contributed by atoms with Gasteiger partial charge in [-0.05, 0) is 35.0 Å². The number of anilines is 2. The second kappa shape index (κ2) is 9.41. The Morgan fingerprint density at radius 3 is 2.94 bits per heavy atom. The zero-order valence-electron chi connectivity index (χ0n) is 10.4. The van der Waals surface area contributed by atoms with Gasteiger partial charge < -0.3 is 15.7 Å². The molecule has 0 radical (unpaired) electrons. The Hall–Kier alpha value is -0.530. The van der Waals surface area contributed by atoms with E-state index in [2.05, 4.69) is 36.5 Å². The molecule has 0 fully saturated rings. The normalized spacial score (nSPS) is 10.4. The van der Waals surface area contributed by atoms with Crippen LogP contribution in [0.4, 0.5) is 11.8 Å². The maximum atomic E-state index is 8.66. The number of aliphatic hydroxyl groups excluding tert-OH is 1. The number of nitrogens with zero attached hydrogens (tertiary/aromatic N) is 2. The summed E-state index contributed by atoms with van der Waals surface area (Å²) in [6.07, 6.45) is 2.60. The summed E-state index contributed by atoms with van der Waals surface area (Å²) in [6, 6.07) is 0. The number of rotatable bonds is 9. The van der Waals surface area contributed by atoms with Gasteiger partial charge in [-0.1, -0.05) is 0 Å². The maximum absolute atomic E-state index is 8.66. The van der Waals surface area contributed by atoms with Gasteiger partial charge in [0.05, 0.1) is 4.47 Å². The summed E-state index contributed by atoms with van der Waals surface area (Å²) in [5, 5.41) is 15.0. The second-order valence-corrected chi connectivity index (χ2v) is 5.62. The SMILES string of the molecule is CCNc1ncc(Br)c(NCCSCCCO)n1. The quantitative estimate of drug-likeness (QED) is 0.601. The lowest BCUT2D eigenvalue weighted by molar-refractivity contribution is 0.296. The fourth-order valence-corrected chi connectivity index (χ4v) is 2.36. The molecule has 0 aliphatic carbocycles. The third-order valence-electron chi connectivity index (χ3n) is 2.06. The van der Waals surface area contributed by atoms with Gasteiger partial charge in [-0.25, -0.2) is 4.98 Å². The van der Waals surface area contributed by atoms with Gasteiger partial charge in [0.1, 0.15) is 5.82 Å². The van der Waals surface area contributed by atoms with Crippen LogP contribution in [0.25, 0.3) is 0 Å². The van der Waals surface area contributed by atoms with Crippen molar-refractivity contribution in [1.29, 1.82) is 0 Å². The van der Waals surface area contributed by atoms with Crippen molar-refractivity contribution in [3.63, 3.8) is 0 Å². The van der Waals surface area contributed by atoms with E-state index >= 15 is 0 Å². The number of thioether (sulfide) groups is 1. The van der Waals surface area contributed by atoms with Gasteiger partial charge in [0.25, 0.3) is 0 Å². The van der Waals surface area contributed by atoms with Gasteiger partial charge in [0.15, 0.2) is 0 Å². The van der Waals surface area contributed by atoms with Gasteiger partial charge in [0.2, 0.25) is 5.95 Å². The minimum atomic E-state index is 0.268. The predicted octanol–water partition coefficient (Wildman–Crippen LogP) is 2.20. The summed E-state index contributed by atoms with van der Waals surface area (Å²) in [5.74, 6) is 3.43. The molecule has 18 heavy (non-hydrogen) atoms. The Morgan fingerprint density at radius 2 is 2.22 bits per heavy atom. The second-order valence-electron chi connectivity index (χ2n) is 3.54. The van der Waals surface area contributed by atoms with Crippen molar-refractivity contribution < 1.29 is 5.11 Å². The van der Waals surface area contributed by atoms with Crippen LogP contribution in [0.2, 0.25) is 0 Å². The van der Waals surface area contributed by atoms with Crippen LogP contribution in [-0.4, -0.2) is 46.3 Å². The summed E-state index contributed by atoms with van der Waals surface area (Å²) in [5.41, 5.74) is 0. The average molecular weight is 335 g/mol. The molecule has 0 aromatic carbocycles. The monoisotopic (exact) mass is 334 g/mol. The molecule has 0 spiro atoms. The Bertz CT molecular complexity index is 354. The van der Waals surface area contributed by atoms with E-state index in [1.807, 2.05) is 18.7 Å². The molecule has 0 aliphatic heterocycles. The summed E-state index contributed by atoms with van der Waals surface area (Å²) in [6.45, 7) is 3.93. The van der Waals surface area contributed by atoms with E-state index in [0.29, 0.717) is 5.95 Å². The smallest absolute Gasteiger partial charge is 0.224 e. The highest BCUT2D eigenvalue weighted by molar-refractivity contribution is 9.10. The number of hydrogen-bond acceptors (Lipinski definition) is 6. The molecule has 0 saturated heterocycles. The number of aromatic nitrogens is 2. The largest absolute Gasteiger partial charge is 0.396 e. The molecule has 0 bridgehead atoms. The third kappa shape index (κ3) is 5.88. The summed E-state index contributed by atoms with van der Waals surface area (Å²) >= 11 is 5.24. The van der Waals surface area contributed by atoms with Crippen LogP contribution in [0, 0.1) is 0 Å². The number of aliphatic hydroxyl groups is 1. The Kier molecular flexibility index (Phi) is 8.11. The van der Waals surface area contributed by atoms with Crippen molar-refractivity contribution in [2.45, 2.75) is 13.3 Å². The van der Waals surface area contributed by atoms with E-state index in [1.165, 1.54) is 0 Å². The van der Waals surface area contributed by atoms with Gasteiger partial charge in [-0.3, -0.25) is 0 Å². The topological polar surface area (TPSA) is 70.1 Å². The molecular weight excluding hydrogens is 316 g/mol. The highest BCUT2D eigenvalue weighted by Gasteiger charge is 2.03. The maximum Gasteiger partial charge on any atom is 0.224 e. The fourth-order valence-electron chi connectivity index (χ4n) is 1.24. The molecule has 7 heteroatoms. The van der Waals surface area contributed by atoms with Crippen molar-refractivity contribution in [1.82, 2.24) is 9.97 Å². The summed E-state index contributed by atoms with van der Waals surface area (Å²) < 4.78 is 0.865. The first-order valence-corrected chi connectivity index (χ1v) is 7.91. The lowest BCUT2D eigenvalue weighted by Gasteiger charge is -2.09. The van der Waals surface area contributed by atoms with Gasteiger partial charge in [-0.2, -0.15) is 16.7 Å². The predicted molar refractivity (Wildman–Crippen MR) is 81.4 cm³/mol. The highest BCUT2D eigenvalue weighted by atomic mass is 79.9. The molecular formula is C11H19BrN4OS. The van der Waals surface area contributed by atoms with Crippen molar-refractivity contribution in [2.75, 3.05) is 41.8 Å². The van der Waals surface area contributed by atoms with Crippen LogP contribution in [0.3, 0.4) is 0 Å². The van der Waals surface area contributed by atoms with Crippen molar-refractivity contribution in [3.05, 3.63) is 10.7 Å². The number of hydrogen-bond donors (Lipinski definition) is 3. The van der Waals surface area contributed by atoms with Crippen molar-refractivity contribution >= 4 is 39.5 Å². The van der Waals surface area contributed by atoms with Gasteiger partial charge in [0, 0.05) is 31.6 Å². The number of halogens is 1. The molecule has 1 aromatic heterocycles. The first-order valence-electron chi connectivity index (χ1n) is 5.96. The van der Waals surface area contributed by atoms with Crippen LogP contribution >= 0.6 is 27.7 Å². The summed E-state index contributed by atoms with van der Waals surface area (Å²) in [4.78, 5) is 8.52. The molecule has 3 N–H and O–H groups in total. The van der Waals surface area contributed by atoms with E-state index < -0.39 is 0 Å². The Balaban J connectivity index is 2.34. The first-order chi connectivity index (χ1) is 8.77. The number of nitrogens with one attached hydrogen (secondary N) is 2. The minimum Gasteiger partial charge on any atom is -0.396 e. The van der Waals surface area contributed by atoms with Crippen molar-refractivity contribution in [2.24, 2.45) is 0 Å². The van der Waals surface area contributed by atoms with E-state index in [0.717, 1.165) is 41.3 Å². The fraction of sp³-hybridized carbons (Fsp3) is 0.636. The van der Waals surface area contributed by atoms with Crippen LogP contribution in [-0.2, 0) is 0 Å². The molecule has 0 amide bonds. The molecule has 0 atom stereocenters. The lowest BCUT2D eigenvalue weighted by atomic mass is 10.5. The zero-order valence-corrected chi connectivity index (χ0v) is 12.9. The van der Waals surface area contributed by atoms with E-state index in [1.54, 1.807) is 6.20 Å². The van der Waals surface area contributed by atoms with Crippen LogP contribution in [0.1, 0.15) is 13.3 Å². The van der Waals surface area contributed by atoms with E-state index in [4.69, 9.17) is 5.11 Å². The molecule has 1 rings (SSSR count). The third-order valence-corrected chi connectivity index (χ3v) is 3.72. The Labute approximate surface area is 120 Å². The average Bonchev–Trinajstić information content (AvgIpc) is 2.37. The molecule has 102 valence electrons. The zero-order chi connectivity index (χ0) is 13.2. The Morgan fingerprint density at radius 1 is 1.39 bits per heavy atom. The molecule has 1 heterocycles. The van der Waals surface area contributed by atoms with Gasteiger partial charge in [-0.15, -0.1) is 0 Å².